The second-order valence-electron chi connectivity index (χ2n) is 4.93. The zero-order valence-electron chi connectivity index (χ0n) is 11.3. The molecular weight excluding hydrogens is 234 g/mol. The molecule has 1 aliphatic heterocycles. The fourth-order valence-electron chi connectivity index (χ4n) is 1.85. The van der Waals surface area contributed by atoms with Gasteiger partial charge in [0.25, 0.3) is 0 Å². The van der Waals surface area contributed by atoms with E-state index in [9.17, 15) is 14.4 Å². The quantitative estimate of drug-likeness (QED) is 0.710. The Hall–Kier alpha value is -1.59. The number of carbonyl (C=O) groups is 3. The topological polar surface area (TPSA) is 78.5 Å². The summed E-state index contributed by atoms with van der Waals surface area (Å²) in [5.41, 5.74) is 0. The summed E-state index contributed by atoms with van der Waals surface area (Å²) in [6.07, 6.45) is 0.617. The number of hydrogen-bond acceptors (Lipinski definition) is 3. The van der Waals surface area contributed by atoms with Crippen molar-refractivity contribution < 1.29 is 14.4 Å². The molecule has 0 saturated carbocycles. The number of likely N-dealkylation sites (N-methyl/N-ethyl adjacent to an activating group) is 1. The fourth-order valence-corrected chi connectivity index (χ4v) is 1.85. The molecule has 102 valence electrons. The van der Waals surface area contributed by atoms with Crippen LogP contribution < -0.4 is 10.6 Å². The summed E-state index contributed by atoms with van der Waals surface area (Å²) < 4.78 is 0. The number of rotatable bonds is 4. The van der Waals surface area contributed by atoms with E-state index in [2.05, 4.69) is 10.6 Å². The lowest BCUT2D eigenvalue weighted by atomic mass is 10.1. The van der Waals surface area contributed by atoms with E-state index in [0.29, 0.717) is 13.0 Å². The Balaban J connectivity index is 2.57. The molecule has 0 aromatic carbocycles. The van der Waals surface area contributed by atoms with Crippen LogP contribution in [0.2, 0.25) is 0 Å². The van der Waals surface area contributed by atoms with Gasteiger partial charge in [0.15, 0.2) is 0 Å². The molecule has 1 saturated heterocycles. The highest BCUT2D eigenvalue weighted by atomic mass is 16.2. The van der Waals surface area contributed by atoms with Crippen molar-refractivity contribution in [3.05, 3.63) is 0 Å². The molecule has 0 aliphatic carbocycles. The summed E-state index contributed by atoms with van der Waals surface area (Å²) >= 11 is 0. The lowest BCUT2D eigenvalue weighted by molar-refractivity contribution is -0.140. The summed E-state index contributed by atoms with van der Waals surface area (Å²) in [6.45, 7) is 5.75. The molecule has 6 nitrogen and oxygen atoms in total. The highest BCUT2D eigenvalue weighted by Gasteiger charge is 2.33. The van der Waals surface area contributed by atoms with E-state index in [1.807, 2.05) is 0 Å². The Labute approximate surface area is 107 Å². The van der Waals surface area contributed by atoms with Crippen LogP contribution in [0.4, 0.5) is 0 Å². The van der Waals surface area contributed by atoms with Crippen LogP contribution in [0.3, 0.4) is 0 Å². The van der Waals surface area contributed by atoms with Crippen molar-refractivity contribution >= 4 is 17.7 Å². The summed E-state index contributed by atoms with van der Waals surface area (Å²) in [4.78, 5) is 36.5. The van der Waals surface area contributed by atoms with E-state index in [1.165, 1.54) is 4.90 Å². The van der Waals surface area contributed by atoms with Gasteiger partial charge in [0.1, 0.15) is 12.1 Å². The van der Waals surface area contributed by atoms with Gasteiger partial charge in [0.2, 0.25) is 17.7 Å². The van der Waals surface area contributed by atoms with Gasteiger partial charge in [-0.3, -0.25) is 14.4 Å². The number of carbonyl (C=O) groups excluding carboxylic acids is 3. The van der Waals surface area contributed by atoms with Gasteiger partial charge in [-0.15, -0.1) is 0 Å². The van der Waals surface area contributed by atoms with Crippen LogP contribution in [-0.4, -0.2) is 48.3 Å². The van der Waals surface area contributed by atoms with E-state index in [-0.39, 0.29) is 23.6 Å². The average Bonchev–Trinajstić information content (AvgIpc) is 2.73. The van der Waals surface area contributed by atoms with Gasteiger partial charge in [0.05, 0.1) is 0 Å². The molecule has 6 heteroatoms. The van der Waals surface area contributed by atoms with E-state index in [4.69, 9.17) is 0 Å². The van der Waals surface area contributed by atoms with Crippen LogP contribution >= 0.6 is 0 Å². The second kappa shape index (κ2) is 5.84. The maximum absolute atomic E-state index is 12.1. The number of nitrogens with one attached hydrogen (secondary N) is 2. The van der Waals surface area contributed by atoms with Gasteiger partial charge >= 0.3 is 0 Å². The second-order valence-corrected chi connectivity index (χ2v) is 4.93. The third-order valence-corrected chi connectivity index (χ3v) is 3.09. The SMILES string of the molecule is CC(C)C(=O)N[C@@H](C)C(=O)N(C)[C@@H]1CCNC1=O. The lowest BCUT2D eigenvalue weighted by Crippen LogP contribution is -2.51. The first kappa shape index (κ1) is 14.5. The molecule has 0 unspecified atom stereocenters. The molecule has 1 rings (SSSR count). The smallest absolute Gasteiger partial charge is 0.245 e. The van der Waals surface area contributed by atoms with Crippen LogP contribution in [0.1, 0.15) is 27.2 Å². The average molecular weight is 255 g/mol. The van der Waals surface area contributed by atoms with Crippen LogP contribution in [0, 0.1) is 5.92 Å². The molecule has 2 N–H and O–H groups in total. The van der Waals surface area contributed by atoms with Gasteiger partial charge in [-0.25, -0.2) is 0 Å². The Morgan fingerprint density at radius 3 is 2.44 bits per heavy atom. The van der Waals surface area contributed by atoms with Crippen LogP contribution in [0.25, 0.3) is 0 Å². The normalized spacial score (nSPS) is 20.5. The van der Waals surface area contributed by atoms with Crippen molar-refractivity contribution in [1.82, 2.24) is 15.5 Å². The first-order valence-electron chi connectivity index (χ1n) is 6.19. The van der Waals surface area contributed by atoms with Crippen molar-refractivity contribution in [3.63, 3.8) is 0 Å². The van der Waals surface area contributed by atoms with Crippen LogP contribution in [-0.2, 0) is 14.4 Å². The Morgan fingerprint density at radius 1 is 1.39 bits per heavy atom. The van der Waals surface area contributed by atoms with Crippen molar-refractivity contribution in [2.45, 2.75) is 39.3 Å². The van der Waals surface area contributed by atoms with E-state index < -0.39 is 12.1 Å². The van der Waals surface area contributed by atoms with Gasteiger partial charge in [-0.1, -0.05) is 13.8 Å². The predicted molar refractivity (Wildman–Crippen MR) is 66.6 cm³/mol. The summed E-state index contributed by atoms with van der Waals surface area (Å²) in [6, 6.07) is -1.03. The largest absolute Gasteiger partial charge is 0.354 e. The molecule has 3 amide bonds. The number of nitrogens with zero attached hydrogens (tertiary/aromatic N) is 1. The minimum Gasteiger partial charge on any atom is -0.354 e. The minimum absolute atomic E-state index is 0.131. The van der Waals surface area contributed by atoms with E-state index in [1.54, 1.807) is 27.8 Å². The first-order chi connectivity index (χ1) is 8.34. The van der Waals surface area contributed by atoms with Gasteiger partial charge in [-0.05, 0) is 13.3 Å². The molecule has 1 heterocycles. The van der Waals surface area contributed by atoms with Crippen LogP contribution in [0.5, 0.6) is 0 Å². The fraction of sp³-hybridized carbons (Fsp3) is 0.750. The lowest BCUT2D eigenvalue weighted by Gasteiger charge is -2.26. The van der Waals surface area contributed by atoms with Crippen molar-refractivity contribution in [2.24, 2.45) is 5.92 Å². The van der Waals surface area contributed by atoms with Gasteiger partial charge in [-0.2, -0.15) is 0 Å². The molecule has 0 aromatic rings. The summed E-state index contributed by atoms with van der Waals surface area (Å²) in [5.74, 6) is -0.709. The molecule has 0 bridgehead atoms. The standard InChI is InChI=1S/C12H21N3O3/c1-7(2)10(16)14-8(3)12(18)15(4)9-5-6-13-11(9)17/h7-9H,5-6H2,1-4H3,(H,13,17)(H,14,16)/t8-,9+/m0/s1. The predicted octanol–water partition coefficient (Wildman–Crippen LogP) is -0.506. The molecule has 0 spiro atoms. The molecule has 1 aliphatic rings. The summed E-state index contributed by atoms with van der Waals surface area (Å²) in [5, 5.41) is 5.32. The molecule has 2 atom stereocenters. The maximum Gasteiger partial charge on any atom is 0.245 e. The van der Waals surface area contributed by atoms with Gasteiger partial charge < -0.3 is 15.5 Å². The van der Waals surface area contributed by atoms with Crippen molar-refractivity contribution in [3.8, 4) is 0 Å². The van der Waals surface area contributed by atoms with E-state index >= 15 is 0 Å². The third kappa shape index (κ3) is 3.21. The minimum atomic E-state index is -0.613. The highest BCUT2D eigenvalue weighted by molar-refractivity contribution is 5.92. The molecule has 0 aromatic heterocycles. The summed E-state index contributed by atoms with van der Waals surface area (Å²) in [7, 11) is 1.59. The highest BCUT2D eigenvalue weighted by Crippen LogP contribution is 2.09. The van der Waals surface area contributed by atoms with Gasteiger partial charge in [0, 0.05) is 19.5 Å². The molecule has 1 fully saturated rings. The van der Waals surface area contributed by atoms with Crippen LogP contribution in [0.15, 0.2) is 0 Å². The number of amides is 3. The first-order valence-corrected chi connectivity index (χ1v) is 6.19. The maximum atomic E-state index is 12.1. The molecule has 18 heavy (non-hydrogen) atoms. The Morgan fingerprint density at radius 2 is 2.00 bits per heavy atom. The zero-order valence-corrected chi connectivity index (χ0v) is 11.3. The molecular formula is C12H21N3O3. The van der Waals surface area contributed by atoms with Crippen molar-refractivity contribution in [1.29, 1.82) is 0 Å². The monoisotopic (exact) mass is 255 g/mol. The third-order valence-electron chi connectivity index (χ3n) is 3.09. The van der Waals surface area contributed by atoms with E-state index in [0.717, 1.165) is 0 Å². The number of hydrogen-bond donors (Lipinski definition) is 2. The van der Waals surface area contributed by atoms with Crippen molar-refractivity contribution in [2.75, 3.05) is 13.6 Å². The Bertz CT molecular complexity index is 354. The molecule has 0 radical (unpaired) electrons. The Kier molecular flexibility index (Phi) is 4.69. The zero-order chi connectivity index (χ0) is 13.9.